The van der Waals surface area contributed by atoms with Crippen LogP contribution in [0.4, 0.5) is 22.7 Å². The number of thiophene rings is 2. The van der Waals surface area contributed by atoms with Crippen LogP contribution in [-0.2, 0) is 0 Å². The molecule has 5 heteroatoms. The van der Waals surface area contributed by atoms with E-state index in [0.29, 0.717) is 11.3 Å². The topological polar surface area (TPSA) is 31.4 Å². The molecule has 8 aromatic carbocycles. The van der Waals surface area contributed by atoms with E-state index in [1.54, 1.807) is 6.07 Å². The molecule has 10 aromatic rings. The van der Waals surface area contributed by atoms with Gasteiger partial charge in [0.15, 0.2) is 5.69 Å². The second-order valence-corrected chi connectivity index (χ2v) is 15.8. The van der Waals surface area contributed by atoms with Gasteiger partial charge in [-0.15, -0.1) is 22.7 Å². The van der Waals surface area contributed by atoms with E-state index in [9.17, 15) is 5.26 Å². The molecule has 256 valence electrons. The zero-order valence-corrected chi connectivity index (χ0v) is 31.0. The lowest BCUT2D eigenvalue weighted by molar-refractivity contribution is 1.28. The lowest BCUT2D eigenvalue weighted by Crippen LogP contribution is -2.09. The minimum atomic E-state index is 0.456. The molecule has 0 atom stereocenters. The van der Waals surface area contributed by atoms with Crippen molar-refractivity contribution in [1.29, 1.82) is 5.26 Å². The maximum Gasteiger partial charge on any atom is 0.189 e. The van der Waals surface area contributed by atoms with Crippen molar-refractivity contribution in [3.05, 3.63) is 193 Å². The van der Waals surface area contributed by atoms with E-state index < -0.39 is 0 Å². The molecule has 3 nitrogen and oxygen atoms in total. The maximum atomic E-state index is 9.58. The number of hydrogen-bond donors (Lipinski definition) is 0. The van der Waals surface area contributed by atoms with Crippen LogP contribution in [0, 0.1) is 17.9 Å². The number of benzene rings is 8. The van der Waals surface area contributed by atoms with Crippen molar-refractivity contribution in [1.82, 2.24) is 0 Å². The third kappa shape index (κ3) is 5.89. The summed E-state index contributed by atoms with van der Waals surface area (Å²) in [5.41, 5.74) is 10.5. The number of fused-ring (bicyclic) bond motifs is 6. The van der Waals surface area contributed by atoms with Crippen molar-refractivity contribution in [3.63, 3.8) is 0 Å². The summed E-state index contributed by atoms with van der Waals surface area (Å²) in [6.07, 6.45) is 0. The Morgan fingerprint density at radius 3 is 1.29 bits per heavy atom. The number of nitriles is 1. The number of hydrogen-bond acceptors (Lipinski definition) is 4. The molecular weight excluding hydrogens is 707 g/mol. The van der Waals surface area contributed by atoms with Gasteiger partial charge in [-0.25, -0.2) is 4.85 Å². The molecule has 0 bridgehead atoms. The molecular formula is C50H29N3S2. The Morgan fingerprint density at radius 1 is 0.418 bits per heavy atom. The summed E-state index contributed by atoms with van der Waals surface area (Å²) < 4.78 is 5.21. The van der Waals surface area contributed by atoms with E-state index >= 15 is 0 Å². The first-order chi connectivity index (χ1) is 27.1. The Labute approximate surface area is 326 Å². The van der Waals surface area contributed by atoms with Crippen LogP contribution in [-0.4, -0.2) is 0 Å². The van der Waals surface area contributed by atoms with Gasteiger partial charge in [-0.2, -0.15) is 5.26 Å². The van der Waals surface area contributed by atoms with Gasteiger partial charge in [0.2, 0.25) is 0 Å². The Morgan fingerprint density at radius 2 is 0.836 bits per heavy atom. The second-order valence-electron chi connectivity index (χ2n) is 13.6. The van der Waals surface area contributed by atoms with Crippen LogP contribution in [0.15, 0.2) is 176 Å². The third-order valence-corrected chi connectivity index (χ3v) is 12.6. The van der Waals surface area contributed by atoms with E-state index in [1.807, 2.05) is 34.8 Å². The summed E-state index contributed by atoms with van der Waals surface area (Å²) in [6, 6.07) is 64.3. The lowest BCUT2D eigenvalue weighted by atomic mass is 10.0. The van der Waals surface area contributed by atoms with Crippen LogP contribution in [0.25, 0.3) is 78.6 Å². The van der Waals surface area contributed by atoms with Crippen molar-refractivity contribution in [2.75, 3.05) is 4.90 Å². The molecule has 0 aliphatic heterocycles. The van der Waals surface area contributed by atoms with Gasteiger partial charge in [0.05, 0.1) is 12.6 Å². The van der Waals surface area contributed by atoms with Crippen molar-refractivity contribution in [3.8, 4) is 39.4 Å². The fourth-order valence-corrected chi connectivity index (χ4v) is 9.75. The van der Waals surface area contributed by atoms with Crippen LogP contribution in [0.5, 0.6) is 0 Å². The molecule has 2 aromatic heterocycles. The molecule has 0 saturated heterocycles. The van der Waals surface area contributed by atoms with Gasteiger partial charge < -0.3 is 4.90 Å². The minimum Gasteiger partial charge on any atom is -0.311 e. The van der Waals surface area contributed by atoms with Crippen LogP contribution in [0.3, 0.4) is 0 Å². The lowest BCUT2D eigenvalue weighted by Gasteiger charge is -2.26. The summed E-state index contributed by atoms with van der Waals surface area (Å²) >= 11 is 3.67. The smallest absolute Gasteiger partial charge is 0.189 e. The standard InChI is InChI=1S/C50H29N3S2/c1-52-39-27-32(31-51)26-38(28-39)35-14-22-42(23-15-35)53(40-18-10-33(11-19-40)36-16-24-49-45(29-36)43-6-2-4-8-47(43)54-49)41-20-12-34(13-21-41)37-17-25-50-46(30-37)44-7-3-5-9-48(44)55-50/h2-30H. The number of rotatable bonds is 6. The highest BCUT2D eigenvalue weighted by molar-refractivity contribution is 7.26. The average Bonchev–Trinajstić information content (AvgIpc) is 3.82. The molecule has 0 aliphatic rings. The van der Waals surface area contributed by atoms with Crippen LogP contribution in [0.1, 0.15) is 5.56 Å². The summed E-state index contributed by atoms with van der Waals surface area (Å²) in [4.78, 5) is 5.87. The highest BCUT2D eigenvalue weighted by Gasteiger charge is 2.15. The molecule has 0 radical (unpaired) electrons. The fraction of sp³-hybridized carbons (Fsp3) is 0. The molecule has 0 saturated carbocycles. The molecule has 0 amide bonds. The molecule has 0 spiro atoms. The molecule has 0 fully saturated rings. The quantitative estimate of drug-likeness (QED) is 0.159. The van der Waals surface area contributed by atoms with Gasteiger partial charge in [-0.3, -0.25) is 0 Å². The molecule has 0 aliphatic carbocycles. The average molecular weight is 736 g/mol. The highest BCUT2D eigenvalue weighted by atomic mass is 32.1. The van der Waals surface area contributed by atoms with Crippen LogP contribution < -0.4 is 4.90 Å². The van der Waals surface area contributed by atoms with E-state index in [-0.39, 0.29) is 0 Å². The molecule has 0 N–H and O–H groups in total. The Bertz CT molecular complexity index is 2970. The monoisotopic (exact) mass is 735 g/mol. The Kier molecular flexibility index (Phi) is 7.97. The minimum absolute atomic E-state index is 0.456. The zero-order valence-electron chi connectivity index (χ0n) is 29.4. The maximum absolute atomic E-state index is 9.58. The summed E-state index contributed by atoms with van der Waals surface area (Å²) in [7, 11) is 0. The van der Waals surface area contributed by atoms with Crippen molar-refractivity contribution >= 4 is 85.8 Å². The van der Waals surface area contributed by atoms with Crippen molar-refractivity contribution in [2.45, 2.75) is 0 Å². The van der Waals surface area contributed by atoms with Gasteiger partial charge in [0.1, 0.15) is 0 Å². The van der Waals surface area contributed by atoms with Crippen molar-refractivity contribution < 1.29 is 0 Å². The Balaban J connectivity index is 1.03. The SMILES string of the molecule is [C-]#[N+]c1cc(C#N)cc(-c2ccc(N(c3ccc(-c4ccc5sc6ccccc6c5c4)cc3)c3ccc(-c4ccc5sc6ccccc6c5c4)cc3)cc2)c1. The first-order valence-corrected chi connectivity index (χ1v) is 19.6. The summed E-state index contributed by atoms with van der Waals surface area (Å²) in [5, 5.41) is 14.8. The van der Waals surface area contributed by atoms with Gasteiger partial charge in [0.25, 0.3) is 0 Å². The Hall–Kier alpha value is -7.02. The second kappa shape index (κ2) is 13.4. The third-order valence-electron chi connectivity index (χ3n) is 10.3. The predicted octanol–water partition coefficient (Wildman–Crippen LogP) is 15.3. The fourth-order valence-electron chi connectivity index (χ4n) is 7.57. The number of anilines is 3. The first kappa shape index (κ1) is 32.6. The molecule has 2 heterocycles. The highest BCUT2D eigenvalue weighted by Crippen LogP contribution is 2.41. The normalized spacial score (nSPS) is 11.2. The van der Waals surface area contributed by atoms with Gasteiger partial charge in [-0.05, 0) is 124 Å². The van der Waals surface area contributed by atoms with Crippen LogP contribution in [0.2, 0.25) is 0 Å². The zero-order chi connectivity index (χ0) is 36.9. The van der Waals surface area contributed by atoms with E-state index in [0.717, 1.165) is 39.3 Å². The number of nitrogens with zero attached hydrogens (tertiary/aromatic N) is 3. The van der Waals surface area contributed by atoms with E-state index in [4.69, 9.17) is 6.57 Å². The first-order valence-electron chi connectivity index (χ1n) is 18.0. The molecule has 10 rings (SSSR count). The van der Waals surface area contributed by atoms with Gasteiger partial charge in [-0.1, -0.05) is 84.9 Å². The largest absolute Gasteiger partial charge is 0.311 e. The predicted molar refractivity (Wildman–Crippen MR) is 234 cm³/mol. The van der Waals surface area contributed by atoms with Gasteiger partial charge in [0, 0.05) is 63.0 Å². The molecule has 55 heavy (non-hydrogen) atoms. The van der Waals surface area contributed by atoms with E-state index in [1.165, 1.54) is 51.5 Å². The van der Waals surface area contributed by atoms with Crippen molar-refractivity contribution in [2.24, 2.45) is 0 Å². The van der Waals surface area contributed by atoms with Gasteiger partial charge >= 0.3 is 0 Å². The van der Waals surface area contributed by atoms with E-state index in [2.05, 4.69) is 174 Å². The summed E-state index contributed by atoms with van der Waals surface area (Å²) in [6.45, 7) is 7.53. The molecule has 0 unspecified atom stereocenters. The summed E-state index contributed by atoms with van der Waals surface area (Å²) in [5.74, 6) is 0. The van der Waals surface area contributed by atoms with Crippen LogP contribution >= 0.6 is 22.7 Å².